The number of aldehydes is 1. The number of rotatable bonds is 22. The van der Waals surface area contributed by atoms with E-state index in [0.717, 1.165) is 33.3 Å². The predicted molar refractivity (Wildman–Crippen MR) is 491 cm³/mol. The van der Waals surface area contributed by atoms with Gasteiger partial charge in [-0.25, -0.2) is 68.4 Å². The van der Waals surface area contributed by atoms with Crippen molar-refractivity contribution in [2.24, 2.45) is 0 Å². The number of fused-ring (bicyclic) bond motifs is 4. The maximum absolute atomic E-state index is 12.4. The molecule has 11 aromatic heterocycles. The van der Waals surface area contributed by atoms with E-state index in [0.29, 0.717) is 68.0 Å². The molecule has 0 aliphatic heterocycles. The van der Waals surface area contributed by atoms with E-state index in [2.05, 4.69) is 153 Å². The van der Waals surface area contributed by atoms with E-state index in [4.69, 9.17) is 38.7 Å². The number of carboxylic acids is 1. The molecule has 0 radical (unpaired) electrons. The van der Waals surface area contributed by atoms with Gasteiger partial charge in [-0.05, 0) is 147 Å². The SMILES string of the molecule is C=C(c1cc(C)cc(C(F)(F)F)c1)C(F)(F)F.C=Cc1ccc(C(=O)OC)n2ccnc12.C=Cc1ccc(C(=O)OC)n2ccnc12.C=Cc1ccc(C(=O)OC)n2ccnc12.C=[CH][Sn]([CH2]CCC)([CH2]CCC)[CH2]CCC.COC(=O)c1ccc(Br)c(N)n1.COC(=O)c1ccc(Br)c2nccn12.COC(=O)c1cccc(N)n1.Nc1cccc(C(=O)O)n1.O=CCCl. The van der Waals surface area contributed by atoms with Gasteiger partial charge in [-0.3, -0.25) is 17.6 Å². The van der Waals surface area contributed by atoms with E-state index in [1.807, 2.05) is 0 Å². The Balaban J connectivity index is 0.000000370. The number of allylic oxidation sites excluding steroid dienone is 1. The minimum absolute atomic E-state index is 0.0278. The Morgan fingerprint density at radius 1 is 0.484 bits per heavy atom. The van der Waals surface area contributed by atoms with Gasteiger partial charge in [0.15, 0.2) is 22.7 Å². The fraction of sp³-hybridized carbons (Fsp3) is 0.247. The number of carbonyl (C=O) groups excluding carboxylic acids is 7. The number of benzene rings is 1. The first kappa shape index (κ1) is 109. The van der Waals surface area contributed by atoms with Gasteiger partial charge in [-0.15, -0.1) is 11.6 Å². The summed E-state index contributed by atoms with van der Waals surface area (Å²) in [6.07, 6.45) is 18.2. The maximum Gasteiger partial charge on any atom is 0.356 e. The van der Waals surface area contributed by atoms with E-state index >= 15 is 0 Å². The molecule has 0 aliphatic rings. The van der Waals surface area contributed by atoms with Gasteiger partial charge in [0, 0.05) is 66.3 Å². The molecule has 1 aromatic carbocycles. The van der Waals surface area contributed by atoms with Crippen LogP contribution in [0.15, 0.2) is 211 Å². The Morgan fingerprint density at radius 2 is 0.820 bits per heavy atom. The number of ether oxygens (including phenoxy) is 6. The Labute approximate surface area is 760 Å². The molecule has 0 fully saturated rings. The van der Waals surface area contributed by atoms with Crippen molar-refractivity contribution in [2.75, 3.05) is 65.7 Å². The average molecular weight is 2030 g/mol. The first-order chi connectivity index (χ1) is 60.8. The van der Waals surface area contributed by atoms with Crippen molar-refractivity contribution >= 4 is 174 Å². The number of alkyl halides is 7. The summed E-state index contributed by atoms with van der Waals surface area (Å²) in [7, 11) is 8.01. The molecule has 128 heavy (non-hydrogen) atoms. The van der Waals surface area contributed by atoms with Crippen LogP contribution in [0, 0.1) is 6.92 Å². The van der Waals surface area contributed by atoms with Crippen LogP contribution < -0.4 is 17.2 Å². The molecule has 7 N–H and O–H groups in total. The van der Waals surface area contributed by atoms with Gasteiger partial charge >= 0.3 is 156 Å². The number of hydrogen-bond donors (Lipinski definition) is 4. The van der Waals surface area contributed by atoms with Gasteiger partial charge in [-0.1, -0.05) is 62.7 Å². The third-order valence-corrected chi connectivity index (χ3v) is 33.0. The number of halogens is 9. The molecule has 11 heterocycles. The molecular weight excluding hydrogens is 1930 g/mol. The number of pyridine rings is 7. The van der Waals surface area contributed by atoms with Crippen LogP contribution in [0.5, 0.6) is 0 Å². The molecule has 12 aromatic rings. The quantitative estimate of drug-likeness (QED) is 0.0122. The third-order valence-electron chi connectivity index (χ3n) is 17.6. The number of aryl methyl sites for hydroxylation is 1. The number of carbonyl (C=O) groups is 8. The number of nitrogen functional groups attached to an aromatic ring is 3. The van der Waals surface area contributed by atoms with E-state index in [-0.39, 0.29) is 64.0 Å². The molecule has 39 heteroatoms. The number of aromatic nitrogens is 11. The molecule has 0 aliphatic carbocycles. The average Bonchev–Trinajstić information content (AvgIpc) is 1.64. The Bertz CT molecular complexity index is 5510. The molecule has 0 saturated heterocycles. The molecule has 0 amide bonds. The number of nitrogens with zero attached hydrogens (tertiary/aromatic N) is 11. The zero-order valence-electron chi connectivity index (χ0n) is 71.8. The monoisotopic (exact) mass is 2030 g/mol. The molecule has 0 atom stereocenters. The second-order valence-electron chi connectivity index (χ2n) is 26.2. The van der Waals surface area contributed by atoms with Gasteiger partial charge in [0.25, 0.3) is 0 Å². The number of unbranched alkanes of at least 4 members (excludes halogenated alkanes) is 3. The van der Waals surface area contributed by atoms with Crippen LogP contribution in [0.1, 0.15) is 166 Å². The topological polar surface area (TPSA) is 398 Å². The van der Waals surface area contributed by atoms with E-state index in [1.54, 1.807) is 178 Å². The summed E-state index contributed by atoms with van der Waals surface area (Å²) in [5, 5.41) is 8.39. The standard InChI is InChI=1S/C11H8F6.3C11H10N2O2.C9H7BrN2O2.C7H7BrN2O2.C7H8N2O2.C6H6N2O2.3C4H9.C2H3ClO.C2H3.Sn/c1-6-3-8(7(2)10(12,13)14)5-9(4-6)11(15,16)17;3*1-3-8-4-5-9(11(14)15-2)13-7-6-12-10(8)13;1-14-9(13)7-3-2-6(10)8-11-4-5-12(7)8;1-12-7(11)5-3-2-4(8)6(9)10-5;1-11-7(10)5-3-2-4-6(8)9-5;7-5-3-1-2-4(8-5)6(9)10;3*1-3-4-2;3-1-2-4;1-2;/h3-5H,2H2,1H3;3*3-7H,1H2,2H3;2-5H,1H3;2-3H,1H3,(H2,9,10);2-4H,1H3,(H2,8,9);1-3H,(H2,7,8)(H,9,10);3*1,3-4H2,2H3;2H,1H2;1H,2H2;. The number of aromatic carboxylic acids is 1. The van der Waals surface area contributed by atoms with Gasteiger partial charge in [0.2, 0.25) is 0 Å². The van der Waals surface area contributed by atoms with Crippen molar-refractivity contribution in [3.8, 4) is 0 Å². The summed E-state index contributed by atoms with van der Waals surface area (Å²) in [6, 6.07) is 28.6. The van der Waals surface area contributed by atoms with Crippen molar-refractivity contribution < 1.29 is 98.2 Å². The number of esters is 6. The minimum atomic E-state index is -4.74. The van der Waals surface area contributed by atoms with E-state index in [9.17, 15) is 59.9 Å². The minimum Gasteiger partial charge on any atom is -0.477 e. The first-order valence-corrected chi connectivity index (χ1v) is 48.2. The fourth-order valence-electron chi connectivity index (χ4n) is 11.1. The maximum atomic E-state index is 12.4. The van der Waals surface area contributed by atoms with Crippen LogP contribution in [-0.2, 0) is 39.4 Å². The number of carboxylic acid groups (broad SMARTS) is 1. The largest absolute Gasteiger partial charge is 0.477 e. The Kier molecular flexibility index (Phi) is 47.4. The number of imidazole rings is 4. The summed E-state index contributed by atoms with van der Waals surface area (Å²) in [4.78, 5) is 114. The van der Waals surface area contributed by atoms with Crippen LogP contribution in [-0.4, -0.2) is 179 Å². The summed E-state index contributed by atoms with van der Waals surface area (Å²) in [5.41, 5.74) is 20.8. The van der Waals surface area contributed by atoms with Gasteiger partial charge in [-0.2, -0.15) is 26.3 Å². The van der Waals surface area contributed by atoms with Gasteiger partial charge in [0.05, 0.1) is 68.6 Å². The van der Waals surface area contributed by atoms with Crippen molar-refractivity contribution in [2.45, 2.75) is 91.9 Å². The molecule has 29 nitrogen and oxygen atoms in total. The van der Waals surface area contributed by atoms with Crippen LogP contribution in [0.4, 0.5) is 43.8 Å². The molecule has 0 unspecified atom stereocenters. The van der Waals surface area contributed by atoms with E-state index < -0.39 is 65.3 Å². The number of nitrogens with two attached hydrogens (primary N) is 3. The van der Waals surface area contributed by atoms with Crippen molar-refractivity contribution in [1.82, 2.24) is 52.5 Å². The van der Waals surface area contributed by atoms with Crippen LogP contribution in [0.3, 0.4) is 0 Å². The Hall–Kier alpha value is -12.9. The summed E-state index contributed by atoms with van der Waals surface area (Å²) in [5.74, 6) is -2.62. The van der Waals surface area contributed by atoms with Crippen LogP contribution >= 0.6 is 43.5 Å². The zero-order valence-corrected chi connectivity index (χ0v) is 78.6. The number of hydrogen-bond acceptors (Lipinski definition) is 24. The van der Waals surface area contributed by atoms with Gasteiger partial charge in [0.1, 0.15) is 63.5 Å². The molecule has 682 valence electrons. The second kappa shape index (κ2) is 55.6. The summed E-state index contributed by atoms with van der Waals surface area (Å²) in [6.45, 7) is 26.3. The molecule has 0 saturated carbocycles. The molecule has 0 spiro atoms. The zero-order chi connectivity index (χ0) is 96.0. The van der Waals surface area contributed by atoms with Crippen LogP contribution in [0.2, 0.25) is 13.3 Å². The molecular formula is C89H99Br2ClF6N14O15Sn. The number of anilines is 3. The smallest absolute Gasteiger partial charge is 0.356 e. The van der Waals surface area contributed by atoms with Crippen molar-refractivity contribution in [1.29, 1.82) is 0 Å². The molecule has 0 bridgehead atoms. The predicted octanol–water partition coefficient (Wildman–Crippen LogP) is 19.8. The van der Waals surface area contributed by atoms with E-state index in [1.165, 1.54) is 106 Å². The first-order valence-electron chi connectivity index (χ1n) is 38.4. The van der Waals surface area contributed by atoms with Crippen LogP contribution in [0.25, 0.3) is 46.4 Å². The Morgan fingerprint density at radius 3 is 1.12 bits per heavy atom. The summed E-state index contributed by atoms with van der Waals surface area (Å²) < 4.78 is 117. The summed E-state index contributed by atoms with van der Waals surface area (Å²) >= 11 is 9.47. The second-order valence-corrected chi connectivity index (χ2v) is 41.4. The number of methoxy groups -OCH3 is 6. The van der Waals surface area contributed by atoms with Crippen molar-refractivity contribution in [3.63, 3.8) is 0 Å². The third kappa shape index (κ3) is 33.8. The molecule has 12 rings (SSSR count). The van der Waals surface area contributed by atoms with Crippen molar-refractivity contribution in [3.05, 3.63) is 284 Å². The van der Waals surface area contributed by atoms with Gasteiger partial charge < -0.3 is 55.5 Å². The fourth-order valence-corrected chi connectivity index (χ4v) is 24.7. The normalized spacial score (nSPS) is 10.4.